The standard InChI is InChI=1S/C14H25N3O/c1-11-4-7-14(8-5-11,17(2)3)13(16-15)12-6-9-18-10-12/h6,9-11,13,16H,4-5,7-8,15H2,1-3H3. The third-order valence-electron chi connectivity index (χ3n) is 4.61. The maximum atomic E-state index is 5.83. The van der Waals surface area contributed by atoms with Gasteiger partial charge in [-0.3, -0.25) is 11.3 Å². The van der Waals surface area contributed by atoms with E-state index in [0.29, 0.717) is 0 Å². The average molecular weight is 251 g/mol. The molecule has 0 aromatic carbocycles. The van der Waals surface area contributed by atoms with Crippen molar-refractivity contribution in [3.8, 4) is 0 Å². The van der Waals surface area contributed by atoms with E-state index >= 15 is 0 Å². The fraction of sp³-hybridized carbons (Fsp3) is 0.714. The molecule has 1 saturated carbocycles. The van der Waals surface area contributed by atoms with Crippen LogP contribution < -0.4 is 11.3 Å². The summed E-state index contributed by atoms with van der Waals surface area (Å²) in [4.78, 5) is 2.33. The number of hydrazine groups is 1. The van der Waals surface area contributed by atoms with Crippen LogP contribution in [0.1, 0.15) is 44.2 Å². The van der Waals surface area contributed by atoms with Crippen molar-refractivity contribution in [1.82, 2.24) is 10.3 Å². The molecule has 1 atom stereocenters. The van der Waals surface area contributed by atoms with Gasteiger partial charge in [-0.2, -0.15) is 0 Å². The van der Waals surface area contributed by atoms with Crippen LogP contribution in [0.3, 0.4) is 0 Å². The Morgan fingerprint density at radius 1 is 1.44 bits per heavy atom. The van der Waals surface area contributed by atoms with Crippen molar-refractivity contribution in [1.29, 1.82) is 0 Å². The number of furan rings is 1. The number of nitrogens with one attached hydrogen (secondary N) is 1. The second kappa shape index (κ2) is 5.43. The van der Waals surface area contributed by atoms with Gasteiger partial charge in [-0.15, -0.1) is 0 Å². The summed E-state index contributed by atoms with van der Waals surface area (Å²) in [7, 11) is 4.31. The van der Waals surface area contributed by atoms with E-state index in [4.69, 9.17) is 10.3 Å². The van der Waals surface area contributed by atoms with Gasteiger partial charge in [0.05, 0.1) is 18.6 Å². The maximum absolute atomic E-state index is 5.83. The largest absolute Gasteiger partial charge is 0.472 e. The maximum Gasteiger partial charge on any atom is 0.0951 e. The van der Waals surface area contributed by atoms with Crippen molar-refractivity contribution < 1.29 is 4.42 Å². The molecule has 1 aliphatic carbocycles. The van der Waals surface area contributed by atoms with Gasteiger partial charge in [0.2, 0.25) is 0 Å². The van der Waals surface area contributed by atoms with Crippen LogP contribution in [0.25, 0.3) is 0 Å². The highest BCUT2D eigenvalue weighted by Crippen LogP contribution is 2.43. The highest BCUT2D eigenvalue weighted by molar-refractivity contribution is 5.19. The lowest BCUT2D eigenvalue weighted by Crippen LogP contribution is -2.56. The first-order valence-corrected chi connectivity index (χ1v) is 6.76. The summed E-state index contributed by atoms with van der Waals surface area (Å²) in [6.07, 6.45) is 8.37. The molecule has 1 heterocycles. The molecule has 2 rings (SSSR count). The summed E-state index contributed by atoms with van der Waals surface area (Å²) in [6.45, 7) is 2.34. The van der Waals surface area contributed by atoms with E-state index in [-0.39, 0.29) is 11.6 Å². The summed E-state index contributed by atoms with van der Waals surface area (Å²) in [5.41, 5.74) is 4.24. The van der Waals surface area contributed by atoms with Gasteiger partial charge < -0.3 is 9.32 Å². The van der Waals surface area contributed by atoms with E-state index in [9.17, 15) is 0 Å². The third-order valence-corrected chi connectivity index (χ3v) is 4.61. The molecule has 1 aliphatic rings. The van der Waals surface area contributed by atoms with E-state index in [1.165, 1.54) is 25.7 Å². The molecular weight excluding hydrogens is 226 g/mol. The van der Waals surface area contributed by atoms with E-state index in [2.05, 4.69) is 31.3 Å². The fourth-order valence-corrected chi connectivity index (χ4v) is 3.26. The summed E-state index contributed by atoms with van der Waals surface area (Å²) in [5.74, 6) is 6.65. The number of nitrogens with zero attached hydrogens (tertiary/aromatic N) is 1. The zero-order valence-corrected chi connectivity index (χ0v) is 11.6. The van der Waals surface area contributed by atoms with Crippen LogP contribution >= 0.6 is 0 Å². The van der Waals surface area contributed by atoms with Crippen LogP contribution in [0, 0.1) is 5.92 Å². The van der Waals surface area contributed by atoms with Gasteiger partial charge in [0.25, 0.3) is 0 Å². The zero-order chi connectivity index (χ0) is 13.2. The Balaban J connectivity index is 2.28. The minimum Gasteiger partial charge on any atom is -0.472 e. The van der Waals surface area contributed by atoms with Crippen molar-refractivity contribution >= 4 is 0 Å². The van der Waals surface area contributed by atoms with Gasteiger partial charge in [0, 0.05) is 11.1 Å². The van der Waals surface area contributed by atoms with Gasteiger partial charge in [-0.25, -0.2) is 0 Å². The molecule has 1 aromatic rings. The minimum atomic E-state index is 0.0884. The number of hydrogen-bond acceptors (Lipinski definition) is 4. The van der Waals surface area contributed by atoms with Crippen LogP contribution in [0.5, 0.6) is 0 Å². The van der Waals surface area contributed by atoms with E-state index < -0.39 is 0 Å². The lowest BCUT2D eigenvalue weighted by Gasteiger charge is -2.49. The monoisotopic (exact) mass is 251 g/mol. The smallest absolute Gasteiger partial charge is 0.0951 e. The fourth-order valence-electron chi connectivity index (χ4n) is 3.26. The molecule has 18 heavy (non-hydrogen) atoms. The predicted molar refractivity (Wildman–Crippen MR) is 72.8 cm³/mol. The van der Waals surface area contributed by atoms with E-state index in [0.717, 1.165) is 11.5 Å². The third kappa shape index (κ3) is 2.32. The number of rotatable bonds is 4. The van der Waals surface area contributed by atoms with Crippen LogP contribution in [0.4, 0.5) is 0 Å². The second-order valence-corrected chi connectivity index (χ2v) is 5.84. The van der Waals surface area contributed by atoms with Crippen LogP contribution in [0.15, 0.2) is 23.0 Å². The first kappa shape index (κ1) is 13.6. The Kier molecular flexibility index (Phi) is 4.10. The number of nitrogens with two attached hydrogens (primary N) is 1. The first-order valence-electron chi connectivity index (χ1n) is 6.76. The minimum absolute atomic E-state index is 0.0884. The van der Waals surface area contributed by atoms with Gasteiger partial charge >= 0.3 is 0 Å². The molecule has 4 nitrogen and oxygen atoms in total. The van der Waals surface area contributed by atoms with E-state index in [1.54, 1.807) is 12.5 Å². The Morgan fingerprint density at radius 3 is 2.56 bits per heavy atom. The van der Waals surface area contributed by atoms with Crippen molar-refractivity contribution in [3.63, 3.8) is 0 Å². The van der Waals surface area contributed by atoms with Crippen molar-refractivity contribution in [2.45, 2.75) is 44.2 Å². The molecule has 0 saturated heterocycles. The average Bonchev–Trinajstić information content (AvgIpc) is 2.86. The zero-order valence-electron chi connectivity index (χ0n) is 11.6. The lowest BCUT2D eigenvalue weighted by molar-refractivity contribution is 0.0426. The molecule has 0 bridgehead atoms. The Bertz CT molecular complexity index is 353. The van der Waals surface area contributed by atoms with Crippen molar-refractivity contribution in [2.24, 2.45) is 11.8 Å². The first-order chi connectivity index (χ1) is 8.60. The highest BCUT2D eigenvalue weighted by atomic mass is 16.3. The van der Waals surface area contributed by atoms with Crippen LogP contribution in [0.2, 0.25) is 0 Å². The lowest BCUT2D eigenvalue weighted by atomic mass is 9.71. The van der Waals surface area contributed by atoms with Crippen LogP contribution in [-0.2, 0) is 0 Å². The molecule has 1 fully saturated rings. The summed E-state index contributed by atoms with van der Waals surface area (Å²) >= 11 is 0. The van der Waals surface area contributed by atoms with Crippen LogP contribution in [-0.4, -0.2) is 24.5 Å². The molecule has 4 heteroatoms. The van der Waals surface area contributed by atoms with Gasteiger partial charge in [0.15, 0.2) is 0 Å². The number of likely N-dealkylation sites (N-methyl/N-ethyl adjacent to an activating group) is 1. The van der Waals surface area contributed by atoms with Crippen molar-refractivity contribution in [3.05, 3.63) is 24.2 Å². The summed E-state index contributed by atoms with van der Waals surface area (Å²) < 4.78 is 5.22. The molecular formula is C14H25N3O. The van der Waals surface area contributed by atoms with Crippen molar-refractivity contribution in [2.75, 3.05) is 14.1 Å². The Morgan fingerprint density at radius 2 is 2.11 bits per heavy atom. The molecule has 1 aromatic heterocycles. The highest BCUT2D eigenvalue weighted by Gasteiger charge is 2.43. The molecule has 102 valence electrons. The van der Waals surface area contributed by atoms with Gasteiger partial charge in [0.1, 0.15) is 0 Å². The molecule has 0 aliphatic heterocycles. The second-order valence-electron chi connectivity index (χ2n) is 5.84. The predicted octanol–water partition coefficient (Wildman–Crippen LogP) is 2.29. The molecule has 0 radical (unpaired) electrons. The SMILES string of the molecule is CC1CCC(C(NN)c2ccoc2)(N(C)C)CC1. The normalized spacial score (nSPS) is 30.6. The Labute approximate surface area is 109 Å². The molecule has 3 N–H and O–H groups in total. The summed E-state index contributed by atoms with van der Waals surface area (Å²) in [5, 5.41) is 0. The molecule has 0 spiro atoms. The van der Waals surface area contributed by atoms with Gasteiger partial charge in [-0.05, 0) is 51.8 Å². The topological polar surface area (TPSA) is 54.4 Å². The molecule has 1 unspecified atom stereocenters. The van der Waals surface area contributed by atoms with E-state index in [1.807, 2.05) is 6.07 Å². The quantitative estimate of drug-likeness (QED) is 0.637. The number of hydrogen-bond donors (Lipinski definition) is 2. The summed E-state index contributed by atoms with van der Waals surface area (Å²) in [6, 6.07) is 2.13. The van der Waals surface area contributed by atoms with Gasteiger partial charge in [-0.1, -0.05) is 6.92 Å². The molecule has 0 amide bonds. The Hall–Kier alpha value is -0.840.